The zero-order valence-corrected chi connectivity index (χ0v) is 30.1. The summed E-state index contributed by atoms with van der Waals surface area (Å²) in [5.74, 6) is -0.862. The number of carbonyl (C=O) groups is 4. The van der Waals surface area contributed by atoms with E-state index in [-0.39, 0.29) is 19.0 Å². The first-order chi connectivity index (χ1) is 23.1. The van der Waals surface area contributed by atoms with E-state index in [0.717, 1.165) is 56.0 Å². The number of nitrogens with zero attached hydrogens (tertiary/aromatic N) is 2. The Balaban J connectivity index is 0.000000522. The van der Waals surface area contributed by atoms with Crippen molar-refractivity contribution >= 4 is 34.4 Å². The van der Waals surface area contributed by atoms with Crippen LogP contribution in [0.3, 0.4) is 0 Å². The second-order valence-corrected chi connectivity index (χ2v) is 12.7. The Morgan fingerprint density at radius 3 is 2.27 bits per heavy atom. The molecule has 0 saturated carbocycles. The van der Waals surface area contributed by atoms with E-state index in [1.54, 1.807) is 0 Å². The minimum atomic E-state index is -1.28. The first-order valence-corrected chi connectivity index (χ1v) is 18.2. The number of hydrogen-bond acceptors (Lipinski definition) is 6. The number of nitrogens with one attached hydrogen (secondary N) is 3. The molecule has 2 fully saturated rings. The predicted molar refractivity (Wildman–Crippen MR) is 193 cm³/mol. The van der Waals surface area contributed by atoms with Crippen LogP contribution in [0.5, 0.6) is 0 Å². The summed E-state index contributed by atoms with van der Waals surface area (Å²) in [7, 11) is 0. The Labute approximate surface area is 288 Å². The second-order valence-electron chi connectivity index (χ2n) is 12.7. The molecule has 3 amide bonds. The number of Topliss-reactive ketones (excluding diaryl/α,β-unsaturated/α-hetero) is 1. The summed E-state index contributed by atoms with van der Waals surface area (Å²) in [6.45, 7) is 15.9. The third-order valence-electron chi connectivity index (χ3n) is 8.86. The highest BCUT2D eigenvalue weighted by molar-refractivity contribution is 5.93. The summed E-state index contributed by atoms with van der Waals surface area (Å²) < 4.78 is 2.07. The van der Waals surface area contributed by atoms with Gasteiger partial charge in [0, 0.05) is 54.3 Å². The molecule has 2 aromatic rings. The van der Waals surface area contributed by atoms with E-state index < -0.39 is 30.0 Å². The maximum absolute atomic E-state index is 13.2. The number of aromatic nitrogens is 1. The van der Waals surface area contributed by atoms with Gasteiger partial charge in [-0.25, -0.2) is 0 Å². The number of amides is 3. The van der Waals surface area contributed by atoms with Crippen molar-refractivity contribution in [2.24, 2.45) is 0 Å². The lowest BCUT2D eigenvalue weighted by Gasteiger charge is -2.38. The molecule has 0 radical (unpaired) electrons. The van der Waals surface area contributed by atoms with Gasteiger partial charge in [-0.3, -0.25) is 19.2 Å². The minimum Gasteiger partial charge on any atom is -0.386 e. The average Bonchev–Trinajstić information content (AvgIpc) is 3.49. The zero-order valence-electron chi connectivity index (χ0n) is 30.1. The monoisotopic (exact) mass is 667 g/mol. The van der Waals surface area contributed by atoms with Crippen molar-refractivity contribution in [2.75, 3.05) is 19.6 Å². The largest absolute Gasteiger partial charge is 0.386 e. The Morgan fingerprint density at radius 1 is 0.917 bits per heavy atom. The number of hydrogen-bond donors (Lipinski definition) is 4. The van der Waals surface area contributed by atoms with Crippen molar-refractivity contribution in [3.63, 3.8) is 0 Å². The molecule has 0 aliphatic carbocycles. The molecular weight excluding hydrogens is 606 g/mol. The lowest BCUT2D eigenvalue weighted by atomic mass is 9.99. The molecule has 48 heavy (non-hydrogen) atoms. The molecule has 3 atom stereocenters. The Bertz CT molecular complexity index is 1320. The van der Waals surface area contributed by atoms with Crippen LogP contribution in [-0.4, -0.2) is 69.8 Å². The van der Waals surface area contributed by atoms with Crippen LogP contribution in [0.1, 0.15) is 123 Å². The third-order valence-corrected chi connectivity index (χ3v) is 8.86. The molecule has 2 saturated heterocycles. The molecule has 10 heteroatoms. The SMILES string of the molecule is C=C1CNC(=O)C(C(O)c2cn(CCCC)c3ccccc23)NC(=O)CNC(=O)C2CCCCN12.CCCC.CCCCCC(=O)CC. The van der Waals surface area contributed by atoms with Gasteiger partial charge in [0.15, 0.2) is 0 Å². The topological polar surface area (TPSA) is 133 Å². The van der Waals surface area contributed by atoms with Crippen molar-refractivity contribution < 1.29 is 24.3 Å². The van der Waals surface area contributed by atoms with Gasteiger partial charge in [-0.05, 0) is 38.2 Å². The van der Waals surface area contributed by atoms with Gasteiger partial charge in [0.2, 0.25) is 17.7 Å². The molecule has 0 spiro atoms. The van der Waals surface area contributed by atoms with Crippen LogP contribution in [0.4, 0.5) is 0 Å². The summed E-state index contributed by atoms with van der Waals surface area (Å²) in [6, 6.07) is 6.08. The highest BCUT2D eigenvalue weighted by atomic mass is 16.3. The smallest absolute Gasteiger partial charge is 0.245 e. The van der Waals surface area contributed by atoms with Crippen LogP contribution < -0.4 is 16.0 Å². The average molecular weight is 668 g/mol. The van der Waals surface area contributed by atoms with Gasteiger partial charge in [-0.2, -0.15) is 0 Å². The van der Waals surface area contributed by atoms with Crippen LogP contribution in [-0.2, 0) is 25.7 Å². The molecule has 4 rings (SSSR count). The Morgan fingerprint density at radius 2 is 1.60 bits per heavy atom. The molecule has 3 heterocycles. The number of rotatable bonds is 11. The fraction of sp³-hybridized carbons (Fsp3) is 0.632. The number of fused-ring (bicyclic) bond motifs is 2. The Kier molecular flexibility index (Phi) is 18.6. The normalized spacial score (nSPS) is 19.2. The number of piperidine rings is 1. The predicted octanol–water partition coefficient (Wildman–Crippen LogP) is 5.93. The number of unbranched alkanes of at least 4 members (excludes halogenated alkanes) is 4. The molecule has 2 aliphatic rings. The van der Waals surface area contributed by atoms with Gasteiger partial charge in [0.05, 0.1) is 13.1 Å². The van der Waals surface area contributed by atoms with Crippen molar-refractivity contribution in [1.29, 1.82) is 0 Å². The van der Waals surface area contributed by atoms with Gasteiger partial charge >= 0.3 is 0 Å². The van der Waals surface area contributed by atoms with Gasteiger partial charge < -0.3 is 30.5 Å². The number of ketones is 1. The Hall–Kier alpha value is -3.66. The van der Waals surface area contributed by atoms with Gasteiger partial charge in [-0.1, -0.05) is 91.5 Å². The minimum absolute atomic E-state index is 0.125. The second kappa shape index (κ2) is 22.1. The van der Waals surface area contributed by atoms with Gasteiger partial charge in [0.1, 0.15) is 24.0 Å². The van der Waals surface area contributed by atoms with Gasteiger partial charge in [-0.15, -0.1) is 0 Å². The summed E-state index contributed by atoms with van der Waals surface area (Å²) in [5.41, 5.74) is 2.17. The fourth-order valence-electron chi connectivity index (χ4n) is 5.73. The molecule has 0 bridgehead atoms. The summed E-state index contributed by atoms with van der Waals surface area (Å²) in [4.78, 5) is 51.3. The quantitative estimate of drug-likeness (QED) is 0.220. The number of aliphatic hydroxyl groups is 1. The number of aryl methyl sites for hydroxylation is 1. The van der Waals surface area contributed by atoms with E-state index in [1.165, 1.54) is 25.7 Å². The van der Waals surface area contributed by atoms with E-state index in [2.05, 4.69) is 54.8 Å². The molecule has 1 aromatic heterocycles. The van der Waals surface area contributed by atoms with Crippen LogP contribution in [0, 0.1) is 0 Å². The van der Waals surface area contributed by atoms with Crippen molar-refractivity contribution in [3.8, 4) is 0 Å². The molecule has 3 unspecified atom stereocenters. The third kappa shape index (κ3) is 12.4. The molecule has 268 valence electrons. The highest BCUT2D eigenvalue weighted by Gasteiger charge is 2.34. The van der Waals surface area contributed by atoms with E-state index in [9.17, 15) is 24.3 Å². The van der Waals surface area contributed by atoms with Crippen LogP contribution in [0.25, 0.3) is 10.9 Å². The summed E-state index contributed by atoms with van der Waals surface area (Å²) in [5, 5.41) is 20.3. The van der Waals surface area contributed by atoms with E-state index >= 15 is 0 Å². The van der Waals surface area contributed by atoms with Crippen LogP contribution in [0.15, 0.2) is 42.7 Å². The number of carbonyl (C=O) groups excluding carboxylic acids is 4. The van der Waals surface area contributed by atoms with E-state index in [1.807, 2.05) is 42.3 Å². The lowest BCUT2D eigenvalue weighted by Crippen LogP contribution is -2.56. The van der Waals surface area contributed by atoms with Crippen molar-refractivity contribution in [2.45, 2.75) is 136 Å². The molecule has 1 aromatic carbocycles. The van der Waals surface area contributed by atoms with Crippen molar-refractivity contribution in [3.05, 3.63) is 48.3 Å². The number of benzene rings is 1. The molecular formula is C38H61N5O5. The highest BCUT2D eigenvalue weighted by Crippen LogP contribution is 2.29. The molecule has 2 aliphatic heterocycles. The maximum Gasteiger partial charge on any atom is 0.245 e. The maximum atomic E-state index is 13.2. The summed E-state index contributed by atoms with van der Waals surface area (Å²) >= 11 is 0. The molecule has 4 N–H and O–H groups in total. The fourth-order valence-corrected chi connectivity index (χ4v) is 5.73. The van der Waals surface area contributed by atoms with Crippen molar-refractivity contribution in [1.82, 2.24) is 25.4 Å². The van der Waals surface area contributed by atoms with Crippen LogP contribution in [0.2, 0.25) is 0 Å². The molecule has 10 nitrogen and oxygen atoms in total. The number of aliphatic hydroxyl groups excluding tert-OH is 1. The van der Waals surface area contributed by atoms with E-state index in [0.29, 0.717) is 36.4 Å². The number of para-hydroxylation sites is 1. The summed E-state index contributed by atoms with van der Waals surface area (Å²) in [6.07, 6.45) is 12.7. The standard InChI is InChI=1S/C26H35N5O4.C8H16O.C4H10/c1-3-4-12-30-16-19(18-9-5-6-10-20(18)30)24(33)23-26(35)27-14-17(2)31-13-8-7-11-21(31)25(34)28-15-22(32)29-23;1-3-5-6-7-8(9)4-2;1-3-4-2/h5-6,9-10,16,21,23-24,33H,2-4,7-8,11-15H2,1H3,(H,27,35)(H,28,34)(H,29,32);3-7H2,1-2H3;3-4H2,1-2H3. The van der Waals surface area contributed by atoms with Crippen LogP contribution >= 0.6 is 0 Å². The lowest BCUT2D eigenvalue weighted by molar-refractivity contribution is -0.133. The first-order valence-electron chi connectivity index (χ1n) is 18.2. The van der Waals surface area contributed by atoms with Gasteiger partial charge in [0.25, 0.3) is 0 Å². The van der Waals surface area contributed by atoms with E-state index in [4.69, 9.17) is 0 Å². The first kappa shape index (κ1) is 40.5. The zero-order chi connectivity index (χ0) is 35.5.